The average molecular weight is 400 g/mol. The summed E-state index contributed by atoms with van der Waals surface area (Å²) in [6, 6.07) is 3.69. The van der Waals surface area contributed by atoms with Gasteiger partial charge in [-0.2, -0.15) is 11.8 Å². The van der Waals surface area contributed by atoms with Crippen LogP contribution in [0.15, 0.2) is 28.6 Å². The highest BCUT2D eigenvalue weighted by Crippen LogP contribution is 2.37. The molecule has 1 aromatic heterocycles. The molecule has 0 amide bonds. The summed E-state index contributed by atoms with van der Waals surface area (Å²) in [6.45, 7) is 2.01. The minimum Gasteiger partial charge on any atom is -0.511 e. The number of thiophene rings is 1. The van der Waals surface area contributed by atoms with Gasteiger partial charge in [-0.25, -0.2) is 0 Å². The number of Topliss-reactive ketones (excluding diaryl/α,β-unsaturated/α-hetero) is 1. The Morgan fingerprint density at radius 2 is 2.24 bits per heavy atom. The van der Waals surface area contributed by atoms with Crippen molar-refractivity contribution in [3.63, 3.8) is 0 Å². The molecule has 2 aliphatic rings. The second-order valence-electron chi connectivity index (χ2n) is 6.55. The van der Waals surface area contributed by atoms with E-state index in [9.17, 15) is 9.90 Å². The molecule has 0 spiro atoms. The van der Waals surface area contributed by atoms with Gasteiger partial charge in [0.1, 0.15) is 5.76 Å². The van der Waals surface area contributed by atoms with Crippen LogP contribution in [0.2, 0.25) is 4.34 Å². The standard InChI is InChI=1S/C18H22ClNO3S2/c1-11(20-23-9-14-4-5-17(19)25-14)18-15(21)7-13(8-16(18)22)12-3-2-6-24-10-12/h4-5,12-13,21H,2-3,6-10H2,1H3/b20-11-. The van der Waals surface area contributed by atoms with Gasteiger partial charge in [-0.05, 0) is 55.2 Å². The summed E-state index contributed by atoms with van der Waals surface area (Å²) in [5.41, 5.74) is 0.783. The van der Waals surface area contributed by atoms with E-state index >= 15 is 0 Å². The number of hydrogen-bond donors (Lipinski definition) is 1. The molecule has 0 saturated carbocycles. The van der Waals surface area contributed by atoms with Crippen LogP contribution >= 0.6 is 34.7 Å². The highest BCUT2D eigenvalue weighted by molar-refractivity contribution is 7.99. The summed E-state index contributed by atoms with van der Waals surface area (Å²) in [6.07, 6.45) is 3.43. The molecule has 1 saturated heterocycles. The van der Waals surface area contributed by atoms with E-state index in [1.54, 1.807) is 6.92 Å². The van der Waals surface area contributed by atoms with Crippen molar-refractivity contribution in [2.75, 3.05) is 11.5 Å². The number of aliphatic hydroxyl groups excluding tert-OH is 1. The number of thioether (sulfide) groups is 1. The largest absolute Gasteiger partial charge is 0.511 e. The van der Waals surface area contributed by atoms with Gasteiger partial charge in [0.15, 0.2) is 12.4 Å². The van der Waals surface area contributed by atoms with Gasteiger partial charge in [0.05, 0.1) is 15.6 Å². The summed E-state index contributed by atoms with van der Waals surface area (Å²) in [5, 5.41) is 14.5. The van der Waals surface area contributed by atoms with E-state index in [0.717, 1.165) is 17.1 Å². The number of ketones is 1. The molecule has 1 N–H and O–H groups in total. The van der Waals surface area contributed by atoms with Gasteiger partial charge < -0.3 is 9.94 Å². The van der Waals surface area contributed by atoms with E-state index in [1.165, 1.54) is 23.5 Å². The van der Waals surface area contributed by atoms with Crippen LogP contribution in [0.4, 0.5) is 0 Å². The third kappa shape index (κ3) is 4.80. The molecular formula is C18H22ClNO3S2. The predicted molar refractivity (Wildman–Crippen MR) is 105 cm³/mol. The van der Waals surface area contributed by atoms with E-state index in [4.69, 9.17) is 16.4 Å². The number of allylic oxidation sites excluding steroid dienone is 2. The second kappa shape index (κ2) is 8.60. The molecule has 0 bridgehead atoms. The number of hydrogen-bond acceptors (Lipinski definition) is 6. The zero-order chi connectivity index (χ0) is 17.8. The Labute approximate surface area is 161 Å². The van der Waals surface area contributed by atoms with E-state index in [1.807, 2.05) is 23.9 Å². The number of carbonyl (C=O) groups is 1. The maximum Gasteiger partial charge on any atom is 0.168 e. The fraction of sp³-hybridized carbons (Fsp3) is 0.556. The molecule has 3 rings (SSSR count). The zero-order valence-electron chi connectivity index (χ0n) is 14.2. The molecular weight excluding hydrogens is 378 g/mol. The van der Waals surface area contributed by atoms with Crippen molar-refractivity contribution < 1.29 is 14.7 Å². The van der Waals surface area contributed by atoms with Crippen molar-refractivity contribution in [3.8, 4) is 0 Å². The lowest BCUT2D eigenvalue weighted by atomic mass is 9.77. The van der Waals surface area contributed by atoms with Crippen LogP contribution in [0.5, 0.6) is 0 Å². The zero-order valence-corrected chi connectivity index (χ0v) is 16.6. The van der Waals surface area contributed by atoms with E-state index < -0.39 is 0 Å². The van der Waals surface area contributed by atoms with Crippen LogP contribution < -0.4 is 0 Å². The molecule has 1 aromatic rings. The molecule has 4 nitrogen and oxygen atoms in total. The van der Waals surface area contributed by atoms with Gasteiger partial charge in [-0.3, -0.25) is 4.79 Å². The molecule has 1 aliphatic carbocycles. The predicted octanol–water partition coefficient (Wildman–Crippen LogP) is 5.23. The van der Waals surface area contributed by atoms with Gasteiger partial charge in [-0.1, -0.05) is 16.8 Å². The van der Waals surface area contributed by atoms with Crippen LogP contribution in [0.1, 0.15) is 37.5 Å². The number of aliphatic hydroxyl groups is 1. The van der Waals surface area contributed by atoms with Crippen LogP contribution in [0, 0.1) is 11.8 Å². The van der Waals surface area contributed by atoms with Crippen molar-refractivity contribution in [2.45, 2.75) is 39.2 Å². The van der Waals surface area contributed by atoms with Gasteiger partial charge in [0.2, 0.25) is 0 Å². The number of rotatable bonds is 5. The summed E-state index contributed by atoms with van der Waals surface area (Å²) < 4.78 is 0.703. The van der Waals surface area contributed by atoms with Crippen LogP contribution in [0.3, 0.4) is 0 Å². The number of halogens is 1. The summed E-state index contributed by atoms with van der Waals surface area (Å²) in [4.78, 5) is 18.8. The van der Waals surface area contributed by atoms with E-state index in [-0.39, 0.29) is 17.5 Å². The van der Waals surface area contributed by atoms with Crippen molar-refractivity contribution in [1.82, 2.24) is 0 Å². The van der Waals surface area contributed by atoms with Gasteiger partial charge in [-0.15, -0.1) is 11.3 Å². The highest BCUT2D eigenvalue weighted by atomic mass is 35.5. The molecule has 1 fully saturated rings. The van der Waals surface area contributed by atoms with Crippen molar-refractivity contribution >= 4 is 46.2 Å². The molecule has 0 aromatic carbocycles. The average Bonchev–Trinajstić information content (AvgIpc) is 3.00. The summed E-state index contributed by atoms with van der Waals surface area (Å²) in [7, 11) is 0. The van der Waals surface area contributed by atoms with Crippen LogP contribution in [-0.2, 0) is 16.2 Å². The molecule has 1 aliphatic heterocycles. The lowest BCUT2D eigenvalue weighted by Gasteiger charge is -2.32. The smallest absolute Gasteiger partial charge is 0.168 e. The van der Waals surface area contributed by atoms with Gasteiger partial charge in [0, 0.05) is 17.7 Å². The maximum absolute atomic E-state index is 12.6. The Bertz CT molecular complexity index is 692. The summed E-state index contributed by atoms with van der Waals surface area (Å²) in [5.74, 6) is 3.24. The monoisotopic (exact) mass is 399 g/mol. The van der Waals surface area contributed by atoms with Gasteiger partial charge >= 0.3 is 0 Å². The number of nitrogens with zero attached hydrogens (tertiary/aromatic N) is 1. The summed E-state index contributed by atoms with van der Waals surface area (Å²) >= 11 is 9.27. The van der Waals surface area contributed by atoms with Crippen molar-refractivity contribution in [2.24, 2.45) is 17.0 Å². The minimum atomic E-state index is -0.0201. The first-order chi connectivity index (χ1) is 12.0. The lowest BCUT2D eigenvalue weighted by Crippen LogP contribution is -2.30. The first-order valence-electron chi connectivity index (χ1n) is 8.48. The Hall–Kier alpha value is -0.980. The van der Waals surface area contributed by atoms with Crippen LogP contribution in [0.25, 0.3) is 0 Å². The number of oxime groups is 1. The maximum atomic E-state index is 12.6. The Balaban J connectivity index is 1.63. The van der Waals surface area contributed by atoms with E-state index in [2.05, 4.69) is 5.16 Å². The van der Waals surface area contributed by atoms with Crippen LogP contribution in [-0.4, -0.2) is 28.1 Å². The molecule has 7 heteroatoms. The fourth-order valence-electron chi connectivity index (χ4n) is 3.47. The molecule has 136 valence electrons. The quantitative estimate of drug-likeness (QED) is 0.544. The fourth-order valence-corrected chi connectivity index (χ4v) is 5.75. The molecule has 0 radical (unpaired) electrons. The Morgan fingerprint density at radius 3 is 2.88 bits per heavy atom. The molecule has 2 heterocycles. The van der Waals surface area contributed by atoms with Gasteiger partial charge in [0.25, 0.3) is 0 Å². The third-order valence-corrected chi connectivity index (χ3v) is 7.18. The first kappa shape index (κ1) is 18.8. The normalized spacial score (nSPS) is 25.4. The Morgan fingerprint density at radius 1 is 1.40 bits per heavy atom. The van der Waals surface area contributed by atoms with Crippen molar-refractivity contribution in [3.05, 3.63) is 32.7 Å². The highest BCUT2D eigenvalue weighted by Gasteiger charge is 2.34. The Kier molecular flexibility index (Phi) is 6.47. The van der Waals surface area contributed by atoms with Crippen molar-refractivity contribution in [1.29, 1.82) is 0 Å². The second-order valence-corrected chi connectivity index (χ2v) is 9.50. The van der Waals surface area contributed by atoms with E-state index in [0.29, 0.717) is 41.0 Å². The topological polar surface area (TPSA) is 58.9 Å². The first-order valence-corrected chi connectivity index (χ1v) is 10.8. The minimum absolute atomic E-state index is 0.0201. The SMILES string of the molecule is C/C(=N/OCc1ccc(Cl)s1)C1=C(O)CC(C2CCCSC2)CC1=O. The molecule has 25 heavy (non-hydrogen) atoms. The lowest BCUT2D eigenvalue weighted by molar-refractivity contribution is -0.117. The molecule has 2 unspecified atom stereocenters. The molecule has 2 atom stereocenters. The third-order valence-electron chi connectivity index (χ3n) is 4.73. The number of carbonyl (C=O) groups excluding carboxylic acids is 1.